The van der Waals surface area contributed by atoms with Crippen LogP contribution in [-0.2, 0) is 6.18 Å². The lowest BCUT2D eigenvalue weighted by molar-refractivity contribution is -0.136. The van der Waals surface area contributed by atoms with Crippen LogP contribution >= 0.6 is 23.2 Å². The highest BCUT2D eigenvalue weighted by atomic mass is 35.5. The molecule has 26 heavy (non-hydrogen) atoms. The summed E-state index contributed by atoms with van der Waals surface area (Å²) in [5, 5.41) is 6.24. The van der Waals surface area contributed by atoms with E-state index in [1.54, 1.807) is 6.07 Å². The molecule has 0 saturated carbocycles. The number of benzene rings is 2. The van der Waals surface area contributed by atoms with Crippen LogP contribution in [0.5, 0.6) is 0 Å². The van der Waals surface area contributed by atoms with Crippen molar-refractivity contribution in [3.8, 4) is 5.69 Å². The number of halogens is 5. The average molecular weight is 400 g/mol. The van der Waals surface area contributed by atoms with Crippen molar-refractivity contribution in [2.75, 3.05) is 5.32 Å². The van der Waals surface area contributed by atoms with Gasteiger partial charge in [0.15, 0.2) is 0 Å². The Morgan fingerprint density at radius 2 is 1.88 bits per heavy atom. The van der Waals surface area contributed by atoms with Crippen molar-refractivity contribution in [2.24, 2.45) is 0 Å². The first-order chi connectivity index (χ1) is 12.3. The third-order valence-electron chi connectivity index (χ3n) is 3.52. The van der Waals surface area contributed by atoms with E-state index in [1.165, 1.54) is 41.3 Å². The molecule has 0 fully saturated rings. The monoisotopic (exact) mass is 399 g/mol. The second-order valence-electron chi connectivity index (χ2n) is 5.23. The number of anilines is 1. The molecule has 1 heterocycles. The molecule has 1 aromatic heterocycles. The summed E-state index contributed by atoms with van der Waals surface area (Å²) in [6, 6.07) is 9.39. The van der Waals surface area contributed by atoms with E-state index in [0.29, 0.717) is 0 Å². The molecule has 0 spiro atoms. The fraction of sp³-hybridized carbons (Fsp3) is 0.0588. The standard InChI is InChI=1S/C17H10Cl2F3N3O/c18-13-4-1-3-11(15(13)19)16(26)24-14-6-5-10(25-8-2-7-23-25)9-12(14)17(20,21)22/h1-9H,(H,24,26). The van der Waals surface area contributed by atoms with Gasteiger partial charge in [-0.05, 0) is 36.4 Å². The number of aromatic nitrogens is 2. The fourth-order valence-corrected chi connectivity index (χ4v) is 2.69. The van der Waals surface area contributed by atoms with Gasteiger partial charge in [-0.2, -0.15) is 18.3 Å². The normalized spacial score (nSPS) is 11.4. The molecule has 0 aliphatic carbocycles. The summed E-state index contributed by atoms with van der Waals surface area (Å²) in [7, 11) is 0. The molecule has 0 aliphatic rings. The summed E-state index contributed by atoms with van der Waals surface area (Å²) >= 11 is 11.8. The number of hydrogen-bond acceptors (Lipinski definition) is 2. The molecule has 0 saturated heterocycles. The Bertz CT molecular complexity index is 956. The molecule has 0 atom stereocenters. The molecule has 9 heteroatoms. The summed E-state index contributed by atoms with van der Waals surface area (Å²) in [5.41, 5.74) is -1.21. The minimum atomic E-state index is -4.68. The number of rotatable bonds is 3. The molecular formula is C17H10Cl2F3N3O. The Kier molecular flexibility index (Phi) is 4.93. The van der Waals surface area contributed by atoms with Crippen molar-refractivity contribution < 1.29 is 18.0 Å². The van der Waals surface area contributed by atoms with Gasteiger partial charge in [0.05, 0.1) is 32.5 Å². The predicted octanol–water partition coefficient (Wildman–Crippen LogP) is 5.45. The summed E-state index contributed by atoms with van der Waals surface area (Å²) in [6.07, 6.45) is -1.71. The zero-order valence-electron chi connectivity index (χ0n) is 12.9. The summed E-state index contributed by atoms with van der Waals surface area (Å²) < 4.78 is 41.6. The topological polar surface area (TPSA) is 46.9 Å². The number of hydrogen-bond donors (Lipinski definition) is 1. The van der Waals surface area contributed by atoms with Crippen molar-refractivity contribution in [3.05, 3.63) is 76.0 Å². The lowest BCUT2D eigenvalue weighted by Gasteiger charge is -2.16. The zero-order chi connectivity index (χ0) is 18.9. The van der Waals surface area contributed by atoms with Gasteiger partial charge < -0.3 is 5.32 Å². The molecule has 1 amide bonds. The van der Waals surface area contributed by atoms with Crippen molar-refractivity contribution in [3.63, 3.8) is 0 Å². The second kappa shape index (κ2) is 7.01. The van der Waals surface area contributed by atoms with Crippen LogP contribution in [0.2, 0.25) is 10.0 Å². The van der Waals surface area contributed by atoms with Crippen LogP contribution in [0, 0.1) is 0 Å². The Balaban J connectivity index is 1.99. The highest BCUT2D eigenvalue weighted by molar-refractivity contribution is 6.44. The van der Waals surface area contributed by atoms with Crippen LogP contribution in [-0.4, -0.2) is 15.7 Å². The van der Waals surface area contributed by atoms with E-state index in [-0.39, 0.29) is 21.3 Å². The van der Waals surface area contributed by atoms with Gasteiger partial charge in [0.1, 0.15) is 0 Å². The summed E-state index contributed by atoms with van der Waals surface area (Å²) in [6.45, 7) is 0. The molecule has 3 aromatic rings. The Labute approximate surface area is 156 Å². The number of amides is 1. The van der Waals surface area contributed by atoms with E-state index in [2.05, 4.69) is 10.4 Å². The quantitative estimate of drug-likeness (QED) is 0.636. The Morgan fingerprint density at radius 1 is 1.12 bits per heavy atom. The van der Waals surface area contributed by atoms with Crippen molar-refractivity contribution >= 4 is 34.8 Å². The maximum atomic E-state index is 13.4. The van der Waals surface area contributed by atoms with E-state index in [4.69, 9.17) is 23.2 Å². The van der Waals surface area contributed by atoms with E-state index >= 15 is 0 Å². The highest BCUT2D eigenvalue weighted by Gasteiger charge is 2.34. The summed E-state index contributed by atoms with van der Waals surface area (Å²) in [4.78, 5) is 12.3. The van der Waals surface area contributed by atoms with Crippen LogP contribution in [0.25, 0.3) is 5.69 Å². The molecule has 3 rings (SSSR count). The minimum absolute atomic E-state index is 0.0246. The van der Waals surface area contributed by atoms with Gasteiger partial charge in [-0.3, -0.25) is 4.79 Å². The molecule has 0 unspecified atom stereocenters. The van der Waals surface area contributed by atoms with E-state index in [0.717, 1.165) is 12.1 Å². The molecule has 0 bridgehead atoms. The minimum Gasteiger partial charge on any atom is -0.321 e. The van der Waals surface area contributed by atoms with E-state index in [9.17, 15) is 18.0 Å². The van der Waals surface area contributed by atoms with Crippen molar-refractivity contribution in [1.29, 1.82) is 0 Å². The van der Waals surface area contributed by atoms with Gasteiger partial charge in [0.25, 0.3) is 5.91 Å². The van der Waals surface area contributed by atoms with Crippen LogP contribution in [0.3, 0.4) is 0 Å². The van der Waals surface area contributed by atoms with E-state index in [1.807, 2.05) is 0 Å². The lowest BCUT2D eigenvalue weighted by Crippen LogP contribution is -2.17. The number of carbonyl (C=O) groups is 1. The first-order valence-corrected chi connectivity index (χ1v) is 7.99. The van der Waals surface area contributed by atoms with Gasteiger partial charge in [-0.25, -0.2) is 4.68 Å². The largest absolute Gasteiger partial charge is 0.418 e. The average Bonchev–Trinajstić information content (AvgIpc) is 3.11. The summed E-state index contributed by atoms with van der Waals surface area (Å²) in [5.74, 6) is -0.796. The smallest absolute Gasteiger partial charge is 0.321 e. The van der Waals surface area contributed by atoms with Crippen molar-refractivity contribution in [1.82, 2.24) is 9.78 Å². The maximum Gasteiger partial charge on any atom is 0.418 e. The second-order valence-corrected chi connectivity index (χ2v) is 6.02. The highest BCUT2D eigenvalue weighted by Crippen LogP contribution is 2.36. The van der Waals surface area contributed by atoms with Crippen LogP contribution in [0.1, 0.15) is 15.9 Å². The van der Waals surface area contributed by atoms with E-state index < -0.39 is 23.3 Å². The zero-order valence-corrected chi connectivity index (χ0v) is 14.4. The van der Waals surface area contributed by atoms with Gasteiger partial charge in [-0.15, -0.1) is 0 Å². The predicted molar refractivity (Wildman–Crippen MR) is 93.0 cm³/mol. The molecule has 0 radical (unpaired) electrons. The molecule has 134 valence electrons. The Morgan fingerprint density at radius 3 is 2.54 bits per heavy atom. The number of carbonyl (C=O) groups excluding carboxylic acids is 1. The number of nitrogens with zero attached hydrogens (tertiary/aromatic N) is 2. The number of nitrogens with one attached hydrogen (secondary N) is 1. The lowest BCUT2D eigenvalue weighted by atomic mass is 10.1. The van der Waals surface area contributed by atoms with Crippen LogP contribution < -0.4 is 5.32 Å². The molecule has 1 N–H and O–H groups in total. The number of alkyl halides is 3. The molecule has 0 aliphatic heterocycles. The fourth-order valence-electron chi connectivity index (χ4n) is 2.31. The van der Waals surface area contributed by atoms with Gasteiger partial charge in [0.2, 0.25) is 0 Å². The Hall–Kier alpha value is -2.51. The third kappa shape index (κ3) is 3.68. The molecule has 4 nitrogen and oxygen atoms in total. The van der Waals surface area contributed by atoms with Gasteiger partial charge in [0, 0.05) is 12.4 Å². The van der Waals surface area contributed by atoms with Crippen LogP contribution in [0.15, 0.2) is 54.9 Å². The first kappa shape index (κ1) is 18.3. The molecular weight excluding hydrogens is 390 g/mol. The third-order valence-corrected chi connectivity index (χ3v) is 4.34. The maximum absolute atomic E-state index is 13.4. The van der Waals surface area contributed by atoms with Gasteiger partial charge in [-0.1, -0.05) is 29.3 Å². The van der Waals surface area contributed by atoms with Crippen molar-refractivity contribution in [2.45, 2.75) is 6.18 Å². The molecule has 2 aromatic carbocycles. The first-order valence-electron chi connectivity index (χ1n) is 7.24. The van der Waals surface area contributed by atoms with Gasteiger partial charge >= 0.3 is 6.18 Å². The van der Waals surface area contributed by atoms with Crippen LogP contribution in [0.4, 0.5) is 18.9 Å². The SMILES string of the molecule is O=C(Nc1ccc(-n2cccn2)cc1C(F)(F)F)c1cccc(Cl)c1Cl.